The van der Waals surface area contributed by atoms with E-state index in [9.17, 15) is 9.18 Å². The number of carbonyl (C=O) groups excluding carboxylic acids is 1. The van der Waals surface area contributed by atoms with Gasteiger partial charge in [0.1, 0.15) is 5.82 Å². The Balaban J connectivity index is 2.01. The van der Waals surface area contributed by atoms with Crippen molar-refractivity contribution in [3.8, 4) is 0 Å². The summed E-state index contributed by atoms with van der Waals surface area (Å²) in [7, 11) is 0. The summed E-state index contributed by atoms with van der Waals surface area (Å²) in [6.45, 7) is 4.86. The lowest BCUT2D eigenvalue weighted by atomic mass is 10.0. The molecule has 0 bridgehead atoms. The van der Waals surface area contributed by atoms with E-state index >= 15 is 0 Å². The molecule has 2 N–H and O–H groups in total. The monoisotopic (exact) mass is 296 g/mol. The van der Waals surface area contributed by atoms with Gasteiger partial charge in [-0.25, -0.2) is 4.39 Å². The predicted octanol–water partition coefficient (Wildman–Crippen LogP) is 2.87. The van der Waals surface area contributed by atoms with Crippen LogP contribution in [0.15, 0.2) is 23.1 Å². The van der Waals surface area contributed by atoms with E-state index < -0.39 is 0 Å². The molecule has 1 aromatic rings. The highest BCUT2D eigenvalue weighted by atomic mass is 32.2. The summed E-state index contributed by atoms with van der Waals surface area (Å²) < 4.78 is 13.4. The number of fused-ring (bicyclic) bond motifs is 1. The first-order valence-corrected chi connectivity index (χ1v) is 8.03. The number of rotatable bonds is 5. The molecule has 0 aromatic heterocycles. The van der Waals surface area contributed by atoms with Gasteiger partial charge in [-0.15, -0.1) is 11.8 Å². The minimum atomic E-state index is -0.244. The number of carbonyl (C=O) groups is 1. The third kappa shape index (κ3) is 3.96. The topological polar surface area (TPSA) is 41.1 Å². The lowest BCUT2D eigenvalue weighted by Crippen LogP contribution is -2.36. The van der Waals surface area contributed by atoms with E-state index in [1.54, 1.807) is 23.9 Å². The maximum atomic E-state index is 13.4. The molecule has 2 atom stereocenters. The Bertz CT molecular complexity index is 481. The number of amides is 1. The van der Waals surface area contributed by atoms with Crippen LogP contribution in [0.3, 0.4) is 0 Å². The summed E-state index contributed by atoms with van der Waals surface area (Å²) in [5, 5.41) is 6.25. The van der Waals surface area contributed by atoms with Crippen molar-refractivity contribution in [2.24, 2.45) is 0 Å². The number of hydrogen-bond donors (Lipinski definition) is 2. The van der Waals surface area contributed by atoms with Crippen LogP contribution in [-0.2, 0) is 4.79 Å². The normalized spacial score (nSPS) is 19.2. The summed E-state index contributed by atoms with van der Waals surface area (Å²) in [6.07, 6.45) is 1.30. The lowest BCUT2D eigenvalue weighted by Gasteiger charge is -2.26. The van der Waals surface area contributed by atoms with Crippen molar-refractivity contribution in [1.29, 1.82) is 0 Å². The molecule has 1 heterocycles. The molecule has 1 amide bonds. The Morgan fingerprint density at radius 1 is 1.55 bits per heavy atom. The summed E-state index contributed by atoms with van der Waals surface area (Å²) in [6, 6.07) is 4.91. The van der Waals surface area contributed by atoms with Gasteiger partial charge in [-0.2, -0.15) is 0 Å². The molecule has 3 nitrogen and oxygen atoms in total. The van der Waals surface area contributed by atoms with Gasteiger partial charge in [0, 0.05) is 23.1 Å². The molecule has 0 aliphatic carbocycles. The Kier molecular flexibility index (Phi) is 5.43. The van der Waals surface area contributed by atoms with E-state index in [1.807, 2.05) is 13.8 Å². The average molecular weight is 296 g/mol. The second kappa shape index (κ2) is 7.09. The zero-order chi connectivity index (χ0) is 14.5. The molecule has 1 aromatic carbocycles. The van der Waals surface area contributed by atoms with Crippen LogP contribution in [0.4, 0.5) is 4.39 Å². The number of benzene rings is 1. The van der Waals surface area contributed by atoms with Crippen molar-refractivity contribution >= 4 is 17.7 Å². The molecule has 20 heavy (non-hydrogen) atoms. The Morgan fingerprint density at radius 2 is 2.35 bits per heavy atom. The Morgan fingerprint density at radius 3 is 3.10 bits per heavy atom. The first-order chi connectivity index (χ1) is 9.60. The van der Waals surface area contributed by atoms with Crippen LogP contribution in [0.2, 0.25) is 0 Å². The molecule has 5 heteroatoms. The van der Waals surface area contributed by atoms with E-state index in [-0.39, 0.29) is 23.8 Å². The maximum absolute atomic E-state index is 13.4. The van der Waals surface area contributed by atoms with Crippen LogP contribution in [0.5, 0.6) is 0 Å². The van der Waals surface area contributed by atoms with Crippen molar-refractivity contribution in [2.45, 2.75) is 43.7 Å². The van der Waals surface area contributed by atoms with E-state index in [2.05, 4.69) is 10.6 Å². The van der Waals surface area contributed by atoms with Gasteiger partial charge in [-0.3, -0.25) is 4.79 Å². The van der Waals surface area contributed by atoms with Gasteiger partial charge < -0.3 is 10.6 Å². The molecule has 2 unspecified atom stereocenters. The van der Waals surface area contributed by atoms with Crippen molar-refractivity contribution in [2.75, 3.05) is 12.3 Å². The van der Waals surface area contributed by atoms with Crippen molar-refractivity contribution in [3.63, 3.8) is 0 Å². The highest BCUT2D eigenvalue weighted by Crippen LogP contribution is 2.36. The van der Waals surface area contributed by atoms with Crippen LogP contribution in [0.1, 0.15) is 38.3 Å². The fourth-order valence-corrected chi connectivity index (χ4v) is 3.57. The van der Waals surface area contributed by atoms with E-state index in [0.29, 0.717) is 6.42 Å². The molecule has 0 saturated carbocycles. The first kappa shape index (κ1) is 15.3. The number of halogens is 1. The van der Waals surface area contributed by atoms with Crippen LogP contribution in [0, 0.1) is 5.82 Å². The van der Waals surface area contributed by atoms with Crippen molar-refractivity contribution < 1.29 is 9.18 Å². The molecule has 0 fully saturated rings. The molecular weight excluding hydrogens is 275 g/mol. The number of thioether (sulfide) groups is 1. The third-order valence-electron chi connectivity index (χ3n) is 3.39. The van der Waals surface area contributed by atoms with Crippen LogP contribution >= 0.6 is 11.8 Å². The van der Waals surface area contributed by atoms with Gasteiger partial charge in [-0.1, -0.05) is 6.92 Å². The summed E-state index contributed by atoms with van der Waals surface area (Å²) in [5.41, 5.74) is 0.908. The van der Waals surface area contributed by atoms with Crippen LogP contribution < -0.4 is 10.6 Å². The van der Waals surface area contributed by atoms with Gasteiger partial charge >= 0.3 is 0 Å². The SMILES string of the molecule is CCNC(C)CC(=O)NC1CCSc2ccc(F)cc21. The quantitative estimate of drug-likeness (QED) is 0.878. The summed E-state index contributed by atoms with van der Waals surface area (Å²) in [4.78, 5) is 13.1. The highest BCUT2D eigenvalue weighted by molar-refractivity contribution is 7.99. The fraction of sp³-hybridized carbons (Fsp3) is 0.533. The van der Waals surface area contributed by atoms with Gasteiger partial charge in [0.05, 0.1) is 6.04 Å². The molecule has 2 rings (SSSR count). The maximum Gasteiger partial charge on any atom is 0.222 e. The Labute approximate surface area is 123 Å². The predicted molar refractivity (Wildman–Crippen MR) is 80.4 cm³/mol. The highest BCUT2D eigenvalue weighted by Gasteiger charge is 2.23. The van der Waals surface area contributed by atoms with E-state index in [4.69, 9.17) is 0 Å². The summed E-state index contributed by atoms with van der Waals surface area (Å²) >= 11 is 1.72. The molecule has 0 spiro atoms. The molecule has 0 saturated heterocycles. The molecule has 0 radical (unpaired) electrons. The van der Waals surface area contributed by atoms with Gasteiger partial charge in [-0.05, 0) is 43.7 Å². The largest absolute Gasteiger partial charge is 0.349 e. The van der Waals surface area contributed by atoms with Gasteiger partial charge in [0.25, 0.3) is 0 Å². The third-order valence-corrected chi connectivity index (χ3v) is 4.51. The van der Waals surface area contributed by atoms with Gasteiger partial charge in [0.15, 0.2) is 0 Å². The smallest absolute Gasteiger partial charge is 0.222 e. The zero-order valence-corrected chi connectivity index (χ0v) is 12.7. The lowest BCUT2D eigenvalue weighted by molar-refractivity contribution is -0.122. The second-order valence-corrected chi connectivity index (χ2v) is 6.24. The zero-order valence-electron chi connectivity index (χ0n) is 11.9. The standard InChI is InChI=1S/C15H21FN2OS/c1-3-17-10(2)8-15(19)18-13-6-7-20-14-5-4-11(16)9-12(13)14/h4-5,9-10,13,17H,3,6-8H2,1-2H3,(H,18,19). The van der Waals surface area contributed by atoms with Gasteiger partial charge in [0.2, 0.25) is 5.91 Å². The average Bonchev–Trinajstić information content (AvgIpc) is 2.39. The fourth-order valence-electron chi connectivity index (χ4n) is 2.47. The first-order valence-electron chi connectivity index (χ1n) is 7.05. The van der Waals surface area contributed by atoms with Crippen molar-refractivity contribution in [1.82, 2.24) is 10.6 Å². The number of hydrogen-bond acceptors (Lipinski definition) is 3. The molecule has 110 valence electrons. The molecule has 1 aliphatic rings. The van der Waals surface area contributed by atoms with E-state index in [0.717, 1.165) is 29.2 Å². The summed E-state index contributed by atoms with van der Waals surface area (Å²) in [5.74, 6) is 0.726. The molecular formula is C15H21FN2OS. The van der Waals surface area contributed by atoms with Crippen LogP contribution in [0.25, 0.3) is 0 Å². The molecule has 1 aliphatic heterocycles. The van der Waals surface area contributed by atoms with Crippen molar-refractivity contribution in [3.05, 3.63) is 29.6 Å². The van der Waals surface area contributed by atoms with E-state index in [1.165, 1.54) is 6.07 Å². The number of nitrogens with one attached hydrogen (secondary N) is 2. The minimum Gasteiger partial charge on any atom is -0.349 e. The van der Waals surface area contributed by atoms with Crippen LogP contribution in [-0.4, -0.2) is 24.2 Å². The minimum absolute atomic E-state index is 0.0190. The second-order valence-electron chi connectivity index (χ2n) is 5.10. The Hall–Kier alpha value is -1.07.